The lowest BCUT2D eigenvalue weighted by molar-refractivity contribution is -0.119. The molecule has 35 heavy (non-hydrogen) atoms. The number of anilines is 1. The van der Waals surface area contributed by atoms with Crippen LogP contribution in [0.15, 0.2) is 47.5 Å². The molecule has 0 aliphatic carbocycles. The van der Waals surface area contributed by atoms with Gasteiger partial charge in [-0.25, -0.2) is 18.9 Å². The van der Waals surface area contributed by atoms with Crippen LogP contribution < -0.4 is 10.2 Å². The van der Waals surface area contributed by atoms with Gasteiger partial charge in [-0.2, -0.15) is 0 Å². The number of ether oxygens (including phenoxy) is 1. The molecule has 1 N–H and O–H groups in total. The Morgan fingerprint density at radius 3 is 2.74 bits per heavy atom. The van der Waals surface area contributed by atoms with E-state index in [1.165, 1.54) is 17.9 Å². The summed E-state index contributed by atoms with van der Waals surface area (Å²) in [5, 5.41) is 10.6. The molecule has 0 radical (unpaired) electrons. The molecule has 178 valence electrons. The number of nitrogens with zero attached hydrogens (tertiary/aromatic N) is 5. The lowest BCUT2D eigenvalue weighted by atomic mass is 10.0. The van der Waals surface area contributed by atoms with Crippen LogP contribution in [0.3, 0.4) is 0 Å². The summed E-state index contributed by atoms with van der Waals surface area (Å²) in [6.07, 6.45) is 0.686. The number of fused-ring (bicyclic) bond motifs is 1. The zero-order valence-corrected chi connectivity index (χ0v) is 18.8. The summed E-state index contributed by atoms with van der Waals surface area (Å²) >= 11 is 0. The molecule has 11 heteroatoms. The van der Waals surface area contributed by atoms with Crippen molar-refractivity contribution in [2.24, 2.45) is 4.99 Å². The van der Waals surface area contributed by atoms with Crippen LogP contribution in [0.1, 0.15) is 29.4 Å². The van der Waals surface area contributed by atoms with Crippen molar-refractivity contribution >= 4 is 35.5 Å². The Morgan fingerprint density at radius 1 is 1.20 bits per heavy atom. The molecule has 2 aliphatic rings. The zero-order valence-electron chi connectivity index (χ0n) is 18.8. The maximum absolute atomic E-state index is 15.0. The number of halogens is 1. The van der Waals surface area contributed by atoms with Gasteiger partial charge in [0, 0.05) is 25.1 Å². The van der Waals surface area contributed by atoms with E-state index in [1.807, 2.05) is 12.1 Å². The zero-order chi connectivity index (χ0) is 24.5. The highest BCUT2D eigenvalue weighted by atomic mass is 19.1. The first-order valence-electron chi connectivity index (χ1n) is 11.0. The van der Waals surface area contributed by atoms with Gasteiger partial charge in [-0.3, -0.25) is 14.5 Å². The summed E-state index contributed by atoms with van der Waals surface area (Å²) in [5.74, 6) is -0.371. The number of hydrogen-bond acceptors (Lipinski definition) is 7. The molecule has 1 atom stereocenters. The molecule has 2 amide bonds. The lowest BCUT2D eigenvalue weighted by Crippen LogP contribution is -2.33. The fraction of sp³-hybridized carbons (Fsp3) is 0.250. The Balaban J connectivity index is 1.29. The quantitative estimate of drug-likeness (QED) is 0.584. The summed E-state index contributed by atoms with van der Waals surface area (Å²) in [7, 11) is 0. The third-order valence-corrected chi connectivity index (χ3v) is 5.78. The van der Waals surface area contributed by atoms with Crippen molar-refractivity contribution in [3.05, 3.63) is 59.5 Å². The molecular formula is C24H21FN6O4. The van der Waals surface area contributed by atoms with Gasteiger partial charge >= 0.3 is 6.09 Å². The number of amides is 2. The number of carbonyl (C=O) groups is 3. The van der Waals surface area contributed by atoms with Gasteiger partial charge < -0.3 is 10.1 Å². The number of Topliss-reactive ketones (excluding diaryl/α,β-unsaturated/α-hetero) is 1. The fourth-order valence-corrected chi connectivity index (χ4v) is 4.00. The van der Waals surface area contributed by atoms with Crippen LogP contribution in [-0.4, -0.2) is 58.2 Å². The molecule has 0 unspecified atom stereocenters. The maximum atomic E-state index is 15.0. The molecule has 2 aliphatic heterocycles. The first kappa shape index (κ1) is 22.4. The van der Waals surface area contributed by atoms with Gasteiger partial charge in [-0.05, 0) is 29.3 Å². The van der Waals surface area contributed by atoms with E-state index in [0.717, 1.165) is 5.56 Å². The standard InChI is InChI=1S/C24H21FN6O4/c1-14(32)27-11-18-13-30(24(34)35-18)17-6-7-19(20(25)10-17)16-4-2-15(3-5-16)12-31-23-22(28-29-31)21(33)8-9-26-23/h2-7,9-10,18H,8,11-13H2,1H3,(H,27,32)/t18-/m0/s1. The highest BCUT2D eigenvalue weighted by molar-refractivity contribution is 6.07. The Hall–Kier alpha value is -4.41. The van der Waals surface area contributed by atoms with Crippen LogP contribution in [-0.2, 0) is 16.1 Å². The predicted molar refractivity (Wildman–Crippen MR) is 124 cm³/mol. The number of benzene rings is 2. The van der Waals surface area contributed by atoms with Crippen LogP contribution in [0.4, 0.5) is 20.7 Å². The minimum absolute atomic E-state index is 0.110. The van der Waals surface area contributed by atoms with Crippen molar-refractivity contribution < 1.29 is 23.5 Å². The molecule has 1 saturated heterocycles. The Kier molecular flexibility index (Phi) is 5.81. The molecule has 3 aromatic rings. The molecule has 0 spiro atoms. The average Bonchev–Trinajstić information content (AvgIpc) is 3.42. The maximum Gasteiger partial charge on any atom is 0.414 e. The number of nitrogens with one attached hydrogen (secondary N) is 1. The SMILES string of the molecule is CC(=O)NC[C@H]1CN(c2ccc(-c3ccc(Cn4nnc5c4N=CCC5=O)cc3)c(F)c2)C(=O)O1. The van der Waals surface area contributed by atoms with E-state index < -0.39 is 18.0 Å². The third-order valence-electron chi connectivity index (χ3n) is 5.78. The number of hydrogen-bond donors (Lipinski definition) is 1. The van der Waals surface area contributed by atoms with Crippen LogP contribution >= 0.6 is 0 Å². The summed E-state index contributed by atoms with van der Waals surface area (Å²) in [6, 6.07) is 11.8. The highest BCUT2D eigenvalue weighted by Gasteiger charge is 2.32. The molecule has 0 saturated carbocycles. The molecule has 2 aromatic carbocycles. The van der Waals surface area contributed by atoms with E-state index in [0.29, 0.717) is 29.2 Å². The topological polar surface area (TPSA) is 119 Å². The van der Waals surface area contributed by atoms with E-state index in [-0.39, 0.29) is 36.9 Å². The molecule has 1 fully saturated rings. The predicted octanol–water partition coefficient (Wildman–Crippen LogP) is 2.88. The molecule has 0 bridgehead atoms. The Bertz CT molecular complexity index is 1350. The van der Waals surface area contributed by atoms with Gasteiger partial charge in [0.25, 0.3) is 0 Å². The summed E-state index contributed by atoms with van der Waals surface area (Å²) in [6.45, 7) is 2.16. The van der Waals surface area contributed by atoms with E-state index in [9.17, 15) is 18.8 Å². The first-order valence-corrected chi connectivity index (χ1v) is 11.0. The molecule has 1 aromatic heterocycles. The number of aromatic nitrogens is 3. The van der Waals surface area contributed by atoms with E-state index in [4.69, 9.17) is 4.74 Å². The van der Waals surface area contributed by atoms with Gasteiger partial charge in [0.1, 0.15) is 11.9 Å². The fourth-order valence-electron chi connectivity index (χ4n) is 4.00. The summed E-state index contributed by atoms with van der Waals surface area (Å²) < 4.78 is 21.8. The molecular weight excluding hydrogens is 455 g/mol. The minimum Gasteiger partial charge on any atom is -0.442 e. The second-order valence-electron chi connectivity index (χ2n) is 8.27. The number of cyclic esters (lactones) is 1. The van der Waals surface area contributed by atoms with Gasteiger partial charge in [0.05, 0.1) is 25.3 Å². The number of carbonyl (C=O) groups excluding carboxylic acids is 3. The number of rotatable bonds is 6. The third kappa shape index (κ3) is 4.52. The minimum atomic E-state index is -0.585. The Labute approximate surface area is 199 Å². The summed E-state index contributed by atoms with van der Waals surface area (Å²) in [4.78, 5) is 40.7. The van der Waals surface area contributed by atoms with Crippen molar-refractivity contribution in [1.29, 1.82) is 0 Å². The van der Waals surface area contributed by atoms with Crippen molar-refractivity contribution in [1.82, 2.24) is 20.3 Å². The largest absolute Gasteiger partial charge is 0.442 e. The molecule has 5 rings (SSSR count). The van der Waals surface area contributed by atoms with E-state index in [1.54, 1.807) is 35.2 Å². The van der Waals surface area contributed by atoms with E-state index >= 15 is 0 Å². The monoisotopic (exact) mass is 476 g/mol. The van der Waals surface area contributed by atoms with Crippen molar-refractivity contribution in [3.63, 3.8) is 0 Å². The number of ketones is 1. The van der Waals surface area contributed by atoms with Gasteiger partial charge in [-0.1, -0.05) is 29.5 Å². The van der Waals surface area contributed by atoms with Gasteiger partial charge in [0.15, 0.2) is 17.3 Å². The number of aliphatic imine (C=N–C) groups is 1. The van der Waals surface area contributed by atoms with E-state index in [2.05, 4.69) is 20.6 Å². The average molecular weight is 476 g/mol. The van der Waals surface area contributed by atoms with Crippen LogP contribution in [0, 0.1) is 5.82 Å². The van der Waals surface area contributed by atoms with Crippen molar-refractivity contribution in [2.45, 2.75) is 26.0 Å². The molecule has 10 nitrogen and oxygen atoms in total. The van der Waals surface area contributed by atoms with Crippen LogP contribution in [0.2, 0.25) is 0 Å². The first-order chi connectivity index (χ1) is 16.9. The van der Waals surface area contributed by atoms with Crippen LogP contribution in [0.25, 0.3) is 11.1 Å². The van der Waals surface area contributed by atoms with Gasteiger partial charge in [-0.15, -0.1) is 5.10 Å². The normalized spacial score (nSPS) is 16.9. The second-order valence-corrected chi connectivity index (χ2v) is 8.27. The van der Waals surface area contributed by atoms with Gasteiger partial charge in [0.2, 0.25) is 5.91 Å². The highest BCUT2D eigenvalue weighted by Crippen LogP contribution is 2.30. The second kappa shape index (κ2) is 9.09. The smallest absolute Gasteiger partial charge is 0.414 e. The summed E-state index contributed by atoms with van der Waals surface area (Å²) in [5.41, 5.74) is 2.59. The van der Waals surface area contributed by atoms with Crippen molar-refractivity contribution in [3.8, 4) is 11.1 Å². The molecule has 3 heterocycles. The lowest BCUT2D eigenvalue weighted by Gasteiger charge is -2.15. The van der Waals surface area contributed by atoms with Crippen LogP contribution in [0.5, 0.6) is 0 Å². The van der Waals surface area contributed by atoms with Crippen molar-refractivity contribution in [2.75, 3.05) is 18.0 Å². The Morgan fingerprint density at radius 2 is 2.00 bits per heavy atom.